The van der Waals surface area contributed by atoms with E-state index in [0.29, 0.717) is 31.5 Å². The summed E-state index contributed by atoms with van der Waals surface area (Å²) >= 11 is 0. The van der Waals surface area contributed by atoms with E-state index in [1.54, 1.807) is 20.5 Å². The van der Waals surface area contributed by atoms with Crippen molar-refractivity contribution in [2.75, 3.05) is 38.8 Å². The van der Waals surface area contributed by atoms with Crippen LogP contribution in [-0.4, -0.2) is 43.9 Å². The Labute approximate surface area is 128 Å². The van der Waals surface area contributed by atoms with E-state index in [1.165, 1.54) is 0 Å². The van der Waals surface area contributed by atoms with Gasteiger partial charge in [0.2, 0.25) is 5.88 Å². The third kappa shape index (κ3) is 3.20. The Hall–Kier alpha value is -2.12. The molecule has 0 N–H and O–H groups in total. The van der Waals surface area contributed by atoms with Gasteiger partial charge in [0, 0.05) is 19.7 Å². The number of hydrogen-bond donors (Lipinski definition) is 0. The van der Waals surface area contributed by atoms with Crippen LogP contribution in [-0.2, 0) is 16.1 Å². The predicted octanol–water partition coefficient (Wildman–Crippen LogP) is 1.80. The van der Waals surface area contributed by atoms with Crippen LogP contribution in [0.5, 0.6) is 5.88 Å². The summed E-state index contributed by atoms with van der Waals surface area (Å²) in [5.74, 6) is 2.75. The van der Waals surface area contributed by atoms with Crippen LogP contribution in [0, 0.1) is 0 Å². The fourth-order valence-corrected chi connectivity index (χ4v) is 2.42. The molecule has 118 valence electrons. The molecule has 2 aromatic heterocycles. The Balaban J connectivity index is 1.81. The first kappa shape index (κ1) is 14.8. The Morgan fingerprint density at radius 3 is 3.00 bits per heavy atom. The predicted molar refractivity (Wildman–Crippen MR) is 78.9 cm³/mol. The Morgan fingerprint density at radius 2 is 2.27 bits per heavy atom. The molecule has 2 aromatic rings. The van der Waals surface area contributed by atoms with Gasteiger partial charge in [-0.15, -0.1) is 0 Å². The molecule has 0 amide bonds. The first-order valence-corrected chi connectivity index (χ1v) is 7.11. The molecule has 0 radical (unpaired) electrons. The van der Waals surface area contributed by atoms with Crippen LogP contribution in [0.25, 0.3) is 0 Å². The van der Waals surface area contributed by atoms with E-state index in [4.69, 9.17) is 18.6 Å². The van der Waals surface area contributed by atoms with E-state index in [-0.39, 0.29) is 6.10 Å². The van der Waals surface area contributed by atoms with Gasteiger partial charge < -0.3 is 23.5 Å². The summed E-state index contributed by atoms with van der Waals surface area (Å²) in [4.78, 5) is 10.9. The average molecular weight is 305 g/mol. The minimum atomic E-state index is -0.101. The first-order chi connectivity index (χ1) is 10.8. The third-order valence-corrected chi connectivity index (χ3v) is 3.47. The Kier molecular flexibility index (Phi) is 4.55. The van der Waals surface area contributed by atoms with Gasteiger partial charge in [-0.1, -0.05) is 0 Å². The average Bonchev–Trinajstić information content (AvgIpc) is 3.09. The van der Waals surface area contributed by atoms with E-state index >= 15 is 0 Å². The lowest BCUT2D eigenvalue weighted by Gasteiger charge is -2.33. The number of rotatable bonds is 5. The fraction of sp³-hybridized carbons (Fsp3) is 0.467. The van der Waals surface area contributed by atoms with Gasteiger partial charge >= 0.3 is 0 Å². The second-order valence-electron chi connectivity index (χ2n) is 4.94. The normalized spacial score (nSPS) is 18.5. The molecular formula is C15H19N3O4. The van der Waals surface area contributed by atoms with Crippen molar-refractivity contribution in [3.63, 3.8) is 0 Å². The lowest BCUT2D eigenvalue weighted by Crippen LogP contribution is -2.39. The topological polar surface area (TPSA) is 69.9 Å². The zero-order valence-electron chi connectivity index (χ0n) is 12.7. The van der Waals surface area contributed by atoms with Crippen LogP contribution < -0.4 is 9.64 Å². The zero-order valence-corrected chi connectivity index (χ0v) is 12.7. The number of furan rings is 1. The van der Waals surface area contributed by atoms with Gasteiger partial charge in [0.25, 0.3) is 0 Å². The van der Waals surface area contributed by atoms with Gasteiger partial charge in [0.05, 0.1) is 26.5 Å². The van der Waals surface area contributed by atoms with Crippen LogP contribution in [0.2, 0.25) is 0 Å². The molecule has 1 aliphatic rings. The van der Waals surface area contributed by atoms with Crippen molar-refractivity contribution in [3.8, 4) is 5.88 Å². The zero-order chi connectivity index (χ0) is 15.4. The van der Waals surface area contributed by atoms with Crippen molar-refractivity contribution >= 4 is 5.82 Å². The third-order valence-electron chi connectivity index (χ3n) is 3.47. The lowest BCUT2D eigenvalue weighted by molar-refractivity contribution is 0.0254. The SMILES string of the molecule is COCc1nc(OC)cc(N2CCOC(c3ccco3)C2)n1. The number of ether oxygens (including phenoxy) is 3. The monoisotopic (exact) mass is 305 g/mol. The van der Waals surface area contributed by atoms with Crippen molar-refractivity contribution < 1.29 is 18.6 Å². The summed E-state index contributed by atoms with van der Waals surface area (Å²) in [6.45, 7) is 2.37. The van der Waals surface area contributed by atoms with Crippen LogP contribution in [0.3, 0.4) is 0 Å². The Morgan fingerprint density at radius 1 is 1.36 bits per heavy atom. The highest BCUT2D eigenvalue weighted by molar-refractivity contribution is 5.42. The van der Waals surface area contributed by atoms with Gasteiger partial charge in [-0.3, -0.25) is 0 Å². The molecule has 1 saturated heterocycles. The highest BCUT2D eigenvalue weighted by Gasteiger charge is 2.25. The highest BCUT2D eigenvalue weighted by Crippen LogP contribution is 2.26. The summed E-state index contributed by atoms with van der Waals surface area (Å²) < 4.78 is 21.6. The first-order valence-electron chi connectivity index (χ1n) is 7.11. The molecule has 1 fully saturated rings. The molecule has 3 rings (SSSR count). The Bertz CT molecular complexity index is 603. The number of morpholine rings is 1. The van der Waals surface area contributed by atoms with Crippen LogP contribution in [0.1, 0.15) is 17.7 Å². The summed E-state index contributed by atoms with van der Waals surface area (Å²) in [6, 6.07) is 5.61. The molecule has 1 aliphatic heterocycles. The molecule has 0 bridgehead atoms. The van der Waals surface area contributed by atoms with E-state index in [1.807, 2.05) is 18.2 Å². The second-order valence-corrected chi connectivity index (χ2v) is 4.94. The van der Waals surface area contributed by atoms with E-state index in [0.717, 1.165) is 18.1 Å². The summed E-state index contributed by atoms with van der Waals surface area (Å²) in [5.41, 5.74) is 0. The maximum atomic E-state index is 5.77. The molecular weight excluding hydrogens is 286 g/mol. The van der Waals surface area contributed by atoms with Crippen molar-refractivity contribution in [2.45, 2.75) is 12.7 Å². The standard InChI is InChI=1S/C15H19N3O4/c1-19-10-13-16-14(8-15(17-13)20-2)18-5-7-22-12(9-18)11-4-3-6-21-11/h3-4,6,8,12H,5,7,9-10H2,1-2H3. The highest BCUT2D eigenvalue weighted by atomic mass is 16.5. The molecule has 7 heteroatoms. The van der Waals surface area contributed by atoms with Crippen LogP contribution in [0.4, 0.5) is 5.82 Å². The van der Waals surface area contributed by atoms with E-state index in [2.05, 4.69) is 14.9 Å². The van der Waals surface area contributed by atoms with Crippen LogP contribution >= 0.6 is 0 Å². The maximum Gasteiger partial charge on any atom is 0.218 e. The molecule has 7 nitrogen and oxygen atoms in total. The fourth-order valence-electron chi connectivity index (χ4n) is 2.42. The maximum absolute atomic E-state index is 5.77. The largest absolute Gasteiger partial charge is 0.481 e. The number of nitrogens with zero attached hydrogens (tertiary/aromatic N) is 3. The van der Waals surface area contributed by atoms with Crippen molar-refractivity contribution in [2.24, 2.45) is 0 Å². The molecule has 0 aliphatic carbocycles. The van der Waals surface area contributed by atoms with Gasteiger partial charge in [0.15, 0.2) is 5.82 Å². The minimum absolute atomic E-state index is 0.101. The minimum Gasteiger partial charge on any atom is -0.481 e. The summed E-state index contributed by atoms with van der Waals surface area (Å²) in [7, 11) is 3.21. The number of methoxy groups -OCH3 is 2. The van der Waals surface area contributed by atoms with E-state index in [9.17, 15) is 0 Å². The molecule has 1 unspecified atom stereocenters. The number of anilines is 1. The summed E-state index contributed by atoms with van der Waals surface area (Å²) in [5, 5.41) is 0. The van der Waals surface area contributed by atoms with Crippen LogP contribution in [0.15, 0.2) is 28.9 Å². The van der Waals surface area contributed by atoms with Crippen molar-refractivity contribution in [1.82, 2.24) is 9.97 Å². The summed E-state index contributed by atoms with van der Waals surface area (Å²) in [6.07, 6.45) is 1.55. The van der Waals surface area contributed by atoms with E-state index < -0.39 is 0 Å². The smallest absolute Gasteiger partial charge is 0.218 e. The number of aromatic nitrogens is 2. The van der Waals surface area contributed by atoms with Gasteiger partial charge in [-0.25, -0.2) is 4.98 Å². The van der Waals surface area contributed by atoms with Gasteiger partial charge in [-0.2, -0.15) is 4.98 Å². The van der Waals surface area contributed by atoms with Gasteiger partial charge in [-0.05, 0) is 12.1 Å². The molecule has 0 aromatic carbocycles. The molecule has 3 heterocycles. The molecule has 1 atom stereocenters. The van der Waals surface area contributed by atoms with Crippen molar-refractivity contribution in [3.05, 3.63) is 36.0 Å². The molecule has 22 heavy (non-hydrogen) atoms. The van der Waals surface area contributed by atoms with Crippen molar-refractivity contribution in [1.29, 1.82) is 0 Å². The molecule has 0 saturated carbocycles. The quantitative estimate of drug-likeness (QED) is 0.834. The number of hydrogen-bond acceptors (Lipinski definition) is 7. The lowest BCUT2D eigenvalue weighted by atomic mass is 10.2. The van der Waals surface area contributed by atoms with Gasteiger partial charge in [0.1, 0.15) is 24.3 Å². The molecule has 0 spiro atoms. The second kappa shape index (κ2) is 6.76.